The van der Waals surface area contributed by atoms with E-state index in [4.69, 9.17) is 27.9 Å². The first-order valence-electron chi connectivity index (χ1n) is 9.54. The quantitative estimate of drug-likeness (QED) is 0.584. The molecule has 1 N–H and O–H groups in total. The molecule has 0 saturated carbocycles. The molecule has 1 aliphatic rings. The molecule has 1 fully saturated rings. The van der Waals surface area contributed by atoms with E-state index in [2.05, 4.69) is 10.1 Å². The normalized spacial score (nSPS) is 15.9. The first-order chi connectivity index (χ1) is 14.9. The number of aromatic amines is 1. The van der Waals surface area contributed by atoms with E-state index in [1.54, 1.807) is 23.6 Å². The summed E-state index contributed by atoms with van der Waals surface area (Å²) in [6.45, 7) is 0.617. The van der Waals surface area contributed by atoms with Crippen molar-refractivity contribution in [2.24, 2.45) is 0 Å². The Hall–Kier alpha value is -2.46. The maximum atomic E-state index is 13.1. The highest BCUT2D eigenvalue weighted by atomic mass is 35.5. The summed E-state index contributed by atoms with van der Waals surface area (Å²) < 4.78 is 6.68. The van der Waals surface area contributed by atoms with Crippen LogP contribution in [0.25, 0.3) is 11.3 Å². The maximum Gasteiger partial charge on any atom is 0.265 e. The van der Waals surface area contributed by atoms with Crippen molar-refractivity contribution in [2.45, 2.75) is 25.5 Å². The number of ether oxygens (including phenoxy) is 1. The molecule has 1 saturated heterocycles. The highest BCUT2D eigenvalue weighted by Gasteiger charge is 2.26. The van der Waals surface area contributed by atoms with Crippen molar-refractivity contribution in [3.63, 3.8) is 0 Å². The lowest BCUT2D eigenvalue weighted by molar-refractivity contribution is -0.119. The zero-order chi connectivity index (χ0) is 22.0. The Balaban J connectivity index is 1.64. The third-order valence-corrected chi connectivity index (χ3v) is 6.23. The number of H-pyrrole nitrogens is 1. The topological polar surface area (TPSA) is 97.3 Å². The van der Waals surface area contributed by atoms with Gasteiger partial charge in [-0.3, -0.25) is 24.4 Å². The molecule has 0 aliphatic carbocycles. The Labute approximate surface area is 191 Å². The number of nitrogens with one attached hydrogen (secondary N) is 1. The van der Waals surface area contributed by atoms with Gasteiger partial charge in [0, 0.05) is 34.7 Å². The maximum absolute atomic E-state index is 13.1. The second-order valence-electron chi connectivity index (χ2n) is 7.01. The van der Waals surface area contributed by atoms with Crippen LogP contribution in [0.3, 0.4) is 0 Å². The number of aromatic nitrogens is 3. The SMILES string of the molecule is O=C(Cn1[nH]c(=O)ccc1=O)N(C[C@@H]1CCCO1)c1nc(-c2ccc(Cl)cc2Cl)cs1. The second-order valence-corrected chi connectivity index (χ2v) is 8.69. The van der Waals surface area contributed by atoms with Crippen LogP contribution in [-0.4, -0.2) is 39.9 Å². The van der Waals surface area contributed by atoms with E-state index in [1.165, 1.54) is 16.2 Å². The number of hydrogen-bond donors (Lipinski definition) is 1. The van der Waals surface area contributed by atoms with Crippen LogP contribution < -0.4 is 16.0 Å². The summed E-state index contributed by atoms with van der Waals surface area (Å²) in [5, 5.41) is 5.60. The summed E-state index contributed by atoms with van der Waals surface area (Å²) in [6, 6.07) is 7.36. The molecule has 162 valence electrons. The van der Waals surface area contributed by atoms with E-state index < -0.39 is 11.1 Å². The lowest BCUT2D eigenvalue weighted by atomic mass is 10.2. The van der Waals surface area contributed by atoms with E-state index >= 15 is 0 Å². The Morgan fingerprint density at radius 1 is 1.29 bits per heavy atom. The van der Waals surface area contributed by atoms with E-state index in [0.29, 0.717) is 39.6 Å². The molecule has 1 atom stereocenters. The zero-order valence-corrected chi connectivity index (χ0v) is 18.5. The fourth-order valence-electron chi connectivity index (χ4n) is 3.29. The molecule has 4 rings (SSSR count). The molecule has 0 spiro atoms. The fraction of sp³-hybridized carbons (Fsp3) is 0.300. The molecule has 1 amide bonds. The molecule has 1 aromatic carbocycles. The standard InChI is InChI=1S/C20H18Cl2N4O4S/c21-12-3-4-14(15(22)8-12)16-11-31-20(23-16)25(9-13-2-1-7-30-13)19(29)10-26-18(28)6-5-17(27)24-26/h3-6,8,11,13H,1-2,7,9-10H2,(H,24,27)/t13-/m0/s1. The Morgan fingerprint density at radius 3 is 2.87 bits per heavy atom. The van der Waals surface area contributed by atoms with Gasteiger partial charge in [0.05, 0.1) is 23.4 Å². The summed E-state index contributed by atoms with van der Waals surface area (Å²) in [6.07, 6.45) is 1.62. The molecule has 0 radical (unpaired) electrons. The first kappa shape index (κ1) is 21.8. The van der Waals surface area contributed by atoms with Gasteiger partial charge in [0.1, 0.15) is 6.54 Å². The zero-order valence-electron chi connectivity index (χ0n) is 16.2. The number of halogens is 2. The average Bonchev–Trinajstić information content (AvgIpc) is 3.41. The molecule has 8 nitrogen and oxygen atoms in total. The van der Waals surface area contributed by atoms with Crippen LogP contribution in [0.4, 0.5) is 5.13 Å². The largest absolute Gasteiger partial charge is 0.376 e. The van der Waals surface area contributed by atoms with E-state index in [0.717, 1.165) is 29.7 Å². The minimum atomic E-state index is -0.474. The minimum Gasteiger partial charge on any atom is -0.376 e. The smallest absolute Gasteiger partial charge is 0.265 e. The van der Waals surface area contributed by atoms with Crippen molar-refractivity contribution >= 4 is 45.6 Å². The molecule has 1 aliphatic heterocycles. The van der Waals surface area contributed by atoms with Gasteiger partial charge in [-0.1, -0.05) is 23.2 Å². The minimum absolute atomic E-state index is 0.123. The number of anilines is 1. The number of nitrogens with zero attached hydrogens (tertiary/aromatic N) is 3. The van der Waals surface area contributed by atoms with Crippen molar-refractivity contribution in [3.8, 4) is 11.3 Å². The summed E-state index contributed by atoms with van der Waals surface area (Å²) in [7, 11) is 0. The molecular formula is C20H18Cl2N4O4S. The predicted octanol–water partition coefficient (Wildman–Crippen LogP) is 3.18. The van der Waals surface area contributed by atoms with Gasteiger partial charge in [-0.25, -0.2) is 9.67 Å². The molecule has 2 aromatic heterocycles. The summed E-state index contributed by atoms with van der Waals surface area (Å²) in [5.74, 6) is -0.387. The van der Waals surface area contributed by atoms with E-state index in [9.17, 15) is 14.4 Å². The van der Waals surface area contributed by atoms with Gasteiger partial charge in [0.25, 0.3) is 17.0 Å². The second kappa shape index (κ2) is 9.35. The Kier molecular flexibility index (Phi) is 6.57. The van der Waals surface area contributed by atoms with Crippen molar-refractivity contribution in [3.05, 3.63) is 66.5 Å². The van der Waals surface area contributed by atoms with Crippen LogP contribution in [0.5, 0.6) is 0 Å². The first-order valence-corrected chi connectivity index (χ1v) is 11.2. The molecule has 3 aromatic rings. The van der Waals surface area contributed by atoms with Gasteiger partial charge in [0.15, 0.2) is 5.13 Å². The van der Waals surface area contributed by atoms with Crippen LogP contribution in [0.1, 0.15) is 12.8 Å². The van der Waals surface area contributed by atoms with Crippen LogP contribution in [0.15, 0.2) is 45.3 Å². The fourth-order valence-corrected chi connectivity index (χ4v) is 4.64. The molecule has 31 heavy (non-hydrogen) atoms. The van der Waals surface area contributed by atoms with Gasteiger partial charge >= 0.3 is 0 Å². The van der Waals surface area contributed by atoms with Gasteiger partial charge in [-0.05, 0) is 31.0 Å². The lowest BCUT2D eigenvalue weighted by Crippen LogP contribution is -2.42. The number of amides is 1. The number of thiazole rings is 1. The van der Waals surface area contributed by atoms with Gasteiger partial charge in [-0.2, -0.15) is 0 Å². The summed E-state index contributed by atoms with van der Waals surface area (Å²) >= 11 is 13.6. The summed E-state index contributed by atoms with van der Waals surface area (Å²) in [5.41, 5.74) is 0.364. The number of hydrogen-bond acceptors (Lipinski definition) is 6. The number of rotatable bonds is 6. The predicted molar refractivity (Wildman–Crippen MR) is 120 cm³/mol. The third-order valence-electron chi connectivity index (χ3n) is 4.82. The lowest BCUT2D eigenvalue weighted by Gasteiger charge is -2.23. The Morgan fingerprint density at radius 2 is 2.13 bits per heavy atom. The molecule has 11 heteroatoms. The van der Waals surface area contributed by atoms with Crippen molar-refractivity contribution in [1.29, 1.82) is 0 Å². The number of benzene rings is 1. The average molecular weight is 481 g/mol. The number of carbonyl (C=O) groups excluding carboxylic acids is 1. The Bertz CT molecular complexity index is 1220. The van der Waals surface area contributed by atoms with E-state index in [-0.39, 0.29) is 18.6 Å². The highest BCUT2D eigenvalue weighted by Crippen LogP contribution is 2.34. The molecule has 0 unspecified atom stereocenters. The van der Waals surface area contributed by atoms with Crippen LogP contribution in [0, 0.1) is 0 Å². The van der Waals surface area contributed by atoms with E-state index in [1.807, 2.05) is 0 Å². The number of carbonyl (C=O) groups is 1. The van der Waals surface area contributed by atoms with Crippen molar-refractivity contribution < 1.29 is 9.53 Å². The molecular weight excluding hydrogens is 463 g/mol. The van der Waals surface area contributed by atoms with Crippen LogP contribution >= 0.6 is 34.5 Å². The van der Waals surface area contributed by atoms with Crippen molar-refractivity contribution in [1.82, 2.24) is 14.8 Å². The van der Waals surface area contributed by atoms with Gasteiger partial charge in [0.2, 0.25) is 0 Å². The highest BCUT2D eigenvalue weighted by molar-refractivity contribution is 7.14. The third kappa shape index (κ3) is 5.07. The van der Waals surface area contributed by atoms with Gasteiger partial charge < -0.3 is 4.74 Å². The van der Waals surface area contributed by atoms with Gasteiger partial charge in [-0.15, -0.1) is 11.3 Å². The molecule has 3 heterocycles. The van der Waals surface area contributed by atoms with Crippen molar-refractivity contribution in [2.75, 3.05) is 18.1 Å². The van der Waals surface area contributed by atoms with Crippen LogP contribution in [0.2, 0.25) is 10.0 Å². The summed E-state index contributed by atoms with van der Waals surface area (Å²) in [4.78, 5) is 42.8. The monoisotopic (exact) mass is 480 g/mol. The molecule has 0 bridgehead atoms. The van der Waals surface area contributed by atoms with Crippen LogP contribution in [-0.2, 0) is 16.1 Å².